The van der Waals surface area contributed by atoms with Crippen LogP contribution in [-0.2, 0) is 6.61 Å². The van der Waals surface area contributed by atoms with Gasteiger partial charge in [-0.2, -0.15) is 0 Å². The van der Waals surface area contributed by atoms with E-state index < -0.39 is 0 Å². The number of hydrogen-bond donors (Lipinski definition) is 1. The minimum absolute atomic E-state index is 0.000834. The molecule has 0 unspecified atom stereocenters. The fraction of sp³-hybridized carbons (Fsp3) is 0.385. The van der Waals surface area contributed by atoms with Gasteiger partial charge in [0, 0.05) is 6.42 Å². The van der Waals surface area contributed by atoms with E-state index in [4.69, 9.17) is 14.6 Å². The second kappa shape index (κ2) is 6.18. The van der Waals surface area contributed by atoms with Gasteiger partial charge in [0.05, 0.1) is 20.3 Å². The lowest BCUT2D eigenvalue weighted by molar-refractivity contribution is 0.276. The van der Waals surface area contributed by atoms with Crippen LogP contribution in [-0.4, -0.2) is 18.8 Å². The molecule has 3 heteroatoms. The highest BCUT2D eigenvalue weighted by Crippen LogP contribution is 2.28. The van der Waals surface area contributed by atoms with Crippen LogP contribution in [0.25, 0.3) is 0 Å². The smallest absolute Gasteiger partial charge is 0.161 e. The molecule has 0 aliphatic carbocycles. The molecule has 0 aliphatic heterocycles. The molecular weight excluding hydrogens is 204 g/mol. The maximum atomic E-state index is 9.03. The summed E-state index contributed by atoms with van der Waals surface area (Å²) in [7, 11) is 1.60. The molecule has 0 radical (unpaired) electrons. The number of methoxy groups -OCH3 is 1. The van der Waals surface area contributed by atoms with Gasteiger partial charge in [0.1, 0.15) is 0 Å². The van der Waals surface area contributed by atoms with Crippen molar-refractivity contribution in [1.82, 2.24) is 0 Å². The summed E-state index contributed by atoms with van der Waals surface area (Å²) >= 11 is 0. The summed E-state index contributed by atoms with van der Waals surface area (Å²) in [5.41, 5.74) is 1.89. The van der Waals surface area contributed by atoms with Gasteiger partial charge in [-0.05, 0) is 24.6 Å². The van der Waals surface area contributed by atoms with Gasteiger partial charge in [0.15, 0.2) is 11.5 Å². The van der Waals surface area contributed by atoms with Crippen LogP contribution in [0.15, 0.2) is 30.4 Å². The summed E-state index contributed by atoms with van der Waals surface area (Å²) in [6, 6.07) is 5.39. The summed E-state index contributed by atoms with van der Waals surface area (Å²) in [6.07, 6.45) is 0.812. The molecule has 0 aromatic heterocycles. The first-order chi connectivity index (χ1) is 7.67. The fourth-order valence-corrected chi connectivity index (χ4v) is 1.27. The number of ether oxygens (including phenoxy) is 2. The molecule has 0 heterocycles. The van der Waals surface area contributed by atoms with Gasteiger partial charge in [-0.15, -0.1) is 6.58 Å². The zero-order valence-corrected chi connectivity index (χ0v) is 9.82. The summed E-state index contributed by atoms with van der Waals surface area (Å²) in [5, 5.41) is 9.03. The van der Waals surface area contributed by atoms with E-state index in [1.54, 1.807) is 19.2 Å². The molecule has 16 heavy (non-hydrogen) atoms. The average molecular weight is 222 g/mol. The molecule has 0 aliphatic rings. The average Bonchev–Trinajstić information content (AvgIpc) is 2.28. The highest BCUT2D eigenvalue weighted by Gasteiger charge is 2.05. The summed E-state index contributed by atoms with van der Waals surface area (Å²) in [6.45, 7) is 6.35. The zero-order valence-electron chi connectivity index (χ0n) is 9.82. The lowest BCUT2D eigenvalue weighted by Gasteiger charge is -2.11. The number of rotatable bonds is 6. The standard InChI is InChI=1S/C13H18O3/c1-10(2)6-7-16-13-8-11(9-14)4-5-12(13)15-3/h4-5,8,14H,1,6-7,9H2,2-3H3. The predicted octanol–water partition coefficient (Wildman–Crippen LogP) is 2.53. The molecule has 1 aromatic carbocycles. The fourth-order valence-electron chi connectivity index (χ4n) is 1.27. The van der Waals surface area contributed by atoms with Gasteiger partial charge in [-0.3, -0.25) is 0 Å². The van der Waals surface area contributed by atoms with E-state index in [0.717, 1.165) is 17.6 Å². The second-order valence-corrected chi connectivity index (χ2v) is 3.70. The van der Waals surface area contributed by atoms with E-state index in [9.17, 15) is 0 Å². The predicted molar refractivity (Wildman–Crippen MR) is 63.8 cm³/mol. The van der Waals surface area contributed by atoms with Gasteiger partial charge in [-0.25, -0.2) is 0 Å². The third kappa shape index (κ3) is 3.59. The van der Waals surface area contributed by atoms with Crippen LogP contribution in [0, 0.1) is 0 Å². The van der Waals surface area contributed by atoms with Crippen molar-refractivity contribution in [1.29, 1.82) is 0 Å². The topological polar surface area (TPSA) is 38.7 Å². The maximum Gasteiger partial charge on any atom is 0.161 e. The van der Waals surface area contributed by atoms with Crippen molar-refractivity contribution >= 4 is 0 Å². The van der Waals surface area contributed by atoms with Crippen molar-refractivity contribution in [2.24, 2.45) is 0 Å². The molecule has 1 N–H and O–H groups in total. The molecule has 0 saturated carbocycles. The number of hydrogen-bond acceptors (Lipinski definition) is 3. The van der Waals surface area contributed by atoms with Crippen LogP contribution in [0.1, 0.15) is 18.9 Å². The molecule has 88 valence electrons. The third-order valence-corrected chi connectivity index (χ3v) is 2.20. The van der Waals surface area contributed by atoms with Crippen LogP contribution in [0.5, 0.6) is 11.5 Å². The molecule has 1 aromatic rings. The van der Waals surface area contributed by atoms with Gasteiger partial charge in [0.25, 0.3) is 0 Å². The molecule has 0 saturated heterocycles. The summed E-state index contributed by atoms with van der Waals surface area (Å²) in [5.74, 6) is 1.34. The zero-order chi connectivity index (χ0) is 12.0. The first-order valence-electron chi connectivity index (χ1n) is 5.22. The van der Waals surface area contributed by atoms with Crippen molar-refractivity contribution in [2.45, 2.75) is 20.0 Å². The molecule has 0 bridgehead atoms. The Bertz CT molecular complexity index is 358. The van der Waals surface area contributed by atoms with Gasteiger partial charge in [0.2, 0.25) is 0 Å². The van der Waals surface area contributed by atoms with E-state index in [1.165, 1.54) is 0 Å². The Morgan fingerprint density at radius 3 is 2.69 bits per heavy atom. The van der Waals surface area contributed by atoms with Crippen molar-refractivity contribution in [3.05, 3.63) is 35.9 Å². The van der Waals surface area contributed by atoms with Crippen LogP contribution >= 0.6 is 0 Å². The van der Waals surface area contributed by atoms with Gasteiger partial charge >= 0.3 is 0 Å². The molecule has 0 atom stereocenters. The third-order valence-electron chi connectivity index (χ3n) is 2.20. The highest BCUT2D eigenvalue weighted by molar-refractivity contribution is 5.42. The van der Waals surface area contributed by atoms with Crippen LogP contribution in [0.2, 0.25) is 0 Å². The van der Waals surface area contributed by atoms with Crippen molar-refractivity contribution in [3.8, 4) is 11.5 Å². The van der Waals surface area contributed by atoms with Crippen molar-refractivity contribution < 1.29 is 14.6 Å². The minimum Gasteiger partial charge on any atom is -0.493 e. The molecule has 1 rings (SSSR count). The van der Waals surface area contributed by atoms with Crippen LogP contribution in [0.4, 0.5) is 0 Å². The summed E-state index contributed by atoms with van der Waals surface area (Å²) < 4.78 is 10.8. The molecule has 0 amide bonds. The Kier molecular flexibility index (Phi) is 4.86. The van der Waals surface area contributed by atoms with Crippen LogP contribution < -0.4 is 9.47 Å². The lowest BCUT2D eigenvalue weighted by atomic mass is 10.2. The van der Waals surface area contributed by atoms with Crippen molar-refractivity contribution in [3.63, 3.8) is 0 Å². The van der Waals surface area contributed by atoms with E-state index in [0.29, 0.717) is 18.1 Å². The quantitative estimate of drug-likeness (QED) is 0.752. The Balaban J connectivity index is 2.71. The Morgan fingerprint density at radius 1 is 1.38 bits per heavy atom. The van der Waals surface area contributed by atoms with E-state index in [2.05, 4.69) is 6.58 Å². The minimum atomic E-state index is 0.000834. The summed E-state index contributed by atoms with van der Waals surface area (Å²) in [4.78, 5) is 0. The van der Waals surface area contributed by atoms with Crippen molar-refractivity contribution in [2.75, 3.05) is 13.7 Å². The Hall–Kier alpha value is -1.48. The monoisotopic (exact) mass is 222 g/mol. The SMILES string of the molecule is C=C(C)CCOc1cc(CO)ccc1OC. The highest BCUT2D eigenvalue weighted by atomic mass is 16.5. The number of benzene rings is 1. The largest absolute Gasteiger partial charge is 0.493 e. The van der Waals surface area contributed by atoms with Gasteiger partial charge in [-0.1, -0.05) is 11.6 Å². The Labute approximate surface area is 96.3 Å². The van der Waals surface area contributed by atoms with E-state index in [1.807, 2.05) is 13.0 Å². The number of aliphatic hydroxyl groups excluding tert-OH is 1. The molecule has 0 spiro atoms. The maximum absolute atomic E-state index is 9.03. The van der Waals surface area contributed by atoms with E-state index in [-0.39, 0.29) is 6.61 Å². The van der Waals surface area contributed by atoms with Gasteiger partial charge < -0.3 is 14.6 Å². The van der Waals surface area contributed by atoms with Crippen LogP contribution in [0.3, 0.4) is 0 Å². The first kappa shape index (κ1) is 12.6. The van der Waals surface area contributed by atoms with E-state index >= 15 is 0 Å². The normalized spacial score (nSPS) is 9.94. The Morgan fingerprint density at radius 2 is 2.12 bits per heavy atom. The molecular formula is C13H18O3. The molecule has 0 fully saturated rings. The first-order valence-corrected chi connectivity index (χ1v) is 5.22. The second-order valence-electron chi connectivity index (χ2n) is 3.70. The lowest BCUT2D eigenvalue weighted by Crippen LogP contribution is -2.00. The molecule has 3 nitrogen and oxygen atoms in total. The number of aliphatic hydroxyl groups is 1.